The minimum atomic E-state index is -0.945. The highest BCUT2D eigenvalue weighted by atomic mass is 19.1. The molecule has 1 N–H and O–H groups in total. The van der Waals surface area contributed by atoms with E-state index in [4.69, 9.17) is 0 Å². The van der Waals surface area contributed by atoms with Crippen molar-refractivity contribution < 1.29 is 9.50 Å². The number of aliphatic hydroxyl groups is 1. The Morgan fingerprint density at radius 3 is 2.74 bits per heavy atom. The van der Waals surface area contributed by atoms with Crippen LogP contribution >= 0.6 is 0 Å². The predicted octanol–water partition coefficient (Wildman–Crippen LogP) is 1.70. The molecule has 3 heterocycles. The first kappa shape index (κ1) is 14.1. The van der Waals surface area contributed by atoms with Gasteiger partial charge in [0.25, 0.3) is 0 Å². The largest absolute Gasteiger partial charge is 0.394 e. The Balaban J connectivity index is 1.78. The van der Waals surface area contributed by atoms with E-state index in [0.29, 0.717) is 23.7 Å². The molecule has 4 rings (SSSR count). The van der Waals surface area contributed by atoms with Gasteiger partial charge in [-0.3, -0.25) is 0 Å². The van der Waals surface area contributed by atoms with Gasteiger partial charge in [0.15, 0.2) is 11.5 Å². The van der Waals surface area contributed by atoms with Crippen LogP contribution in [0.15, 0.2) is 42.5 Å². The molecule has 23 heavy (non-hydrogen) atoms. The Morgan fingerprint density at radius 1 is 1.13 bits per heavy atom. The quantitative estimate of drug-likeness (QED) is 0.797. The van der Waals surface area contributed by atoms with Crippen molar-refractivity contribution in [1.29, 1.82) is 0 Å². The molecule has 1 aliphatic heterocycles. The van der Waals surface area contributed by atoms with Gasteiger partial charge in [-0.2, -0.15) is 4.52 Å². The second kappa shape index (κ2) is 5.58. The Kier molecular flexibility index (Phi) is 3.42. The average molecular weight is 313 g/mol. The first-order valence-corrected chi connectivity index (χ1v) is 7.55. The van der Waals surface area contributed by atoms with Crippen LogP contribution in [0.5, 0.6) is 0 Å². The molecule has 1 aromatic carbocycles. The second-order valence-corrected chi connectivity index (χ2v) is 5.67. The Labute approximate surface area is 132 Å². The van der Waals surface area contributed by atoms with Crippen LogP contribution in [0.4, 0.5) is 10.2 Å². The maximum absolute atomic E-state index is 13.7. The summed E-state index contributed by atoms with van der Waals surface area (Å²) in [5.74, 6) is 1.26. The van der Waals surface area contributed by atoms with Crippen LogP contribution in [-0.4, -0.2) is 50.3 Å². The Morgan fingerprint density at radius 2 is 1.96 bits per heavy atom. The van der Waals surface area contributed by atoms with Crippen molar-refractivity contribution >= 4 is 11.5 Å². The van der Waals surface area contributed by atoms with Crippen LogP contribution in [-0.2, 0) is 0 Å². The fourth-order valence-corrected chi connectivity index (χ4v) is 3.01. The van der Waals surface area contributed by atoms with Gasteiger partial charge in [0.05, 0.1) is 19.2 Å². The van der Waals surface area contributed by atoms with E-state index in [-0.39, 0.29) is 19.2 Å². The summed E-state index contributed by atoms with van der Waals surface area (Å²) in [4.78, 5) is 1.80. The van der Waals surface area contributed by atoms with E-state index in [0.717, 1.165) is 5.56 Å². The fourth-order valence-electron chi connectivity index (χ4n) is 3.01. The van der Waals surface area contributed by atoms with Gasteiger partial charge in [-0.15, -0.1) is 15.3 Å². The van der Waals surface area contributed by atoms with Gasteiger partial charge in [-0.1, -0.05) is 30.3 Å². The van der Waals surface area contributed by atoms with Crippen molar-refractivity contribution in [2.45, 2.75) is 18.6 Å². The number of halogens is 1. The lowest BCUT2D eigenvalue weighted by atomic mass is 10.2. The average Bonchev–Trinajstić information content (AvgIpc) is 3.18. The lowest BCUT2D eigenvalue weighted by molar-refractivity contribution is 0.255. The molecule has 0 amide bonds. The maximum Gasteiger partial charge on any atom is 0.185 e. The molecule has 7 heteroatoms. The van der Waals surface area contributed by atoms with E-state index in [1.165, 1.54) is 0 Å². The summed E-state index contributed by atoms with van der Waals surface area (Å²) < 4.78 is 15.3. The van der Waals surface area contributed by atoms with Crippen molar-refractivity contribution in [3.05, 3.63) is 42.5 Å². The molecule has 0 spiro atoms. The molecule has 1 saturated heterocycles. The third-order valence-electron chi connectivity index (χ3n) is 4.15. The van der Waals surface area contributed by atoms with Crippen LogP contribution in [0.3, 0.4) is 0 Å². The van der Waals surface area contributed by atoms with E-state index in [9.17, 15) is 9.50 Å². The summed E-state index contributed by atoms with van der Waals surface area (Å²) in [5, 5.41) is 22.3. The van der Waals surface area contributed by atoms with E-state index in [2.05, 4.69) is 15.3 Å². The summed E-state index contributed by atoms with van der Waals surface area (Å²) in [6.45, 7) is 0.153. The molecule has 1 aliphatic rings. The SMILES string of the molecule is OC[C@@H]1C[C@H](F)CN1c1ccc2nnc(-c3ccccc3)n2n1. The monoisotopic (exact) mass is 313 g/mol. The molecule has 2 atom stereocenters. The maximum atomic E-state index is 13.7. The van der Waals surface area contributed by atoms with Gasteiger partial charge in [-0.05, 0) is 12.1 Å². The topological polar surface area (TPSA) is 66.5 Å². The van der Waals surface area contributed by atoms with Crippen molar-refractivity contribution in [2.75, 3.05) is 18.1 Å². The highest BCUT2D eigenvalue weighted by Crippen LogP contribution is 2.26. The minimum absolute atomic E-state index is 0.0894. The molecule has 0 unspecified atom stereocenters. The summed E-state index contributed by atoms with van der Waals surface area (Å²) >= 11 is 0. The zero-order chi connectivity index (χ0) is 15.8. The Hall–Kier alpha value is -2.54. The van der Waals surface area contributed by atoms with Crippen LogP contribution in [0, 0.1) is 0 Å². The minimum Gasteiger partial charge on any atom is -0.394 e. The predicted molar refractivity (Wildman–Crippen MR) is 84.0 cm³/mol. The van der Waals surface area contributed by atoms with Gasteiger partial charge in [0.1, 0.15) is 12.0 Å². The number of anilines is 1. The van der Waals surface area contributed by atoms with Crippen LogP contribution < -0.4 is 4.90 Å². The number of fused-ring (bicyclic) bond motifs is 1. The second-order valence-electron chi connectivity index (χ2n) is 5.67. The van der Waals surface area contributed by atoms with Gasteiger partial charge < -0.3 is 10.0 Å². The number of rotatable bonds is 3. The highest BCUT2D eigenvalue weighted by molar-refractivity contribution is 5.59. The number of benzene rings is 1. The molecule has 0 bridgehead atoms. The summed E-state index contributed by atoms with van der Waals surface area (Å²) in [6.07, 6.45) is -0.622. The molecule has 0 saturated carbocycles. The molecule has 2 aromatic heterocycles. The van der Waals surface area contributed by atoms with E-state index in [1.54, 1.807) is 15.5 Å². The first-order valence-electron chi connectivity index (χ1n) is 7.55. The normalized spacial score (nSPS) is 21.2. The fraction of sp³-hybridized carbons (Fsp3) is 0.312. The number of hydrogen-bond acceptors (Lipinski definition) is 5. The summed E-state index contributed by atoms with van der Waals surface area (Å²) in [5.41, 5.74) is 1.54. The van der Waals surface area contributed by atoms with E-state index < -0.39 is 6.17 Å². The third-order valence-corrected chi connectivity index (χ3v) is 4.15. The molecule has 118 valence electrons. The van der Waals surface area contributed by atoms with Crippen molar-refractivity contribution in [2.24, 2.45) is 0 Å². The summed E-state index contributed by atoms with van der Waals surface area (Å²) in [7, 11) is 0. The van der Waals surface area contributed by atoms with Crippen LogP contribution in [0.25, 0.3) is 17.0 Å². The molecular weight excluding hydrogens is 297 g/mol. The van der Waals surface area contributed by atoms with Crippen LogP contribution in [0.2, 0.25) is 0 Å². The molecule has 0 aliphatic carbocycles. The Bertz CT molecular complexity index is 822. The number of aliphatic hydroxyl groups excluding tert-OH is 1. The third kappa shape index (κ3) is 2.43. The van der Waals surface area contributed by atoms with Crippen molar-refractivity contribution in [3.63, 3.8) is 0 Å². The molecule has 6 nitrogen and oxygen atoms in total. The lowest BCUT2D eigenvalue weighted by Crippen LogP contribution is -2.33. The lowest BCUT2D eigenvalue weighted by Gasteiger charge is -2.23. The van der Waals surface area contributed by atoms with Gasteiger partial charge in [0.2, 0.25) is 0 Å². The number of alkyl halides is 1. The van der Waals surface area contributed by atoms with E-state index in [1.807, 2.05) is 36.4 Å². The van der Waals surface area contributed by atoms with Gasteiger partial charge in [0, 0.05) is 12.0 Å². The van der Waals surface area contributed by atoms with Gasteiger partial charge in [-0.25, -0.2) is 4.39 Å². The zero-order valence-corrected chi connectivity index (χ0v) is 12.4. The van der Waals surface area contributed by atoms with Crippen LogP contribution in [0.1, 0.15) is 6.42 Å². The van der Waals surface area contributed by atoms with E-state index >= 15 is 0 Å². The van der Waals surface area contributed by atoms with Crippen molar-refractivity contribution in [3.8, 4) is 11.4 Å². The summed E-state index contributed by atoms with van der Waals surface area (Å²) in [6, 6.07) is 13.0. The number of aromatic nitrogens is 4. The molecule has 3 aromatic rings. The standard InChI is InChI=1S/C16H16FN5O/c17-12-8-13(10-23)21(9-12)15-7-6-14-18-19-16(22(14)20-15)11-4-2-1-3-5-11/h1-7,12-13,23H,8-10H2/t12-,13-/m0/s1. The smallest absolute Gasteiger partial charge is 0.185 e. The zero-order valence-electron chi connectivity index (χ0n) is 12.4. The first-order chi connectivity index (χ1) is 11.3. The molecule has 1 fully saturated rings. The highest BCUT2D eigenvalue weighted by Gasteiger charge is 2.32. The van der Waals surface area contributed by atoms with Crippen molar-refractivity contribution in [1.82, 2.24) is 19.8 Å². The number of hydrogen-bond donors (Lipinski definition) is 1. The van der Waals surface area contributed by atoms with Gasteiger partial charge >= 0.3 is 0 Å². The number of nitrogens with zero attached hydrogens (tertiary/aromatic N) is 5. The molecule has 0 radical (unpaired) electrons. The molecular formula is C16H16FN5O.